The van der Waals surface area contributed by atoms with Gasteiger partial charge in [0.15, 0.2) is 0 Å². The molecule has 2 aromatic carbocycles. The van der Waals surface area contributed by atoms with Crippen molar-refractivity contribution >= 4 is 28.4 Å². The van der Waals surface area contributed by atoms with Crippen LogP contribution < -0.4 is 10.6 Å². The van der Waals surface area contributed by atoms with E-state index >= 15 is 0 Å². The predicted molar refractivity (Wildman–Crippen MR) is 106 cm³/mol. The molecule has 3 aromatic rings. The minimum absolute atomic E-state index is 0.263. The second-order valence-corrected chi connectivity index (χ2v) is 6.93. The molecule has 26 heavy (non-hydrogen) atoms. The summed E-state index contributed by atoms with van der Waals surface area (Å²) in [6.07, 6.45) is 2.50. The van der Waals surface area contributed by atoms with Crippen LogP contribution in [0, 0.1) is 13.8 Å². The molecular weight excluding hydrogens is 324 g/mol. The lowest BCUT2D eigenvalue weighted by Crippen LogP contribution is -2.19. The molecule has 2 N–H and O–H groups in total. The van der Waals surface area contributed by atoms with Crippen LogP contribution in [0.1, 0.15) is 24.0 Å². The molecule has 0 unspecified atom stereocenters. The van der Waals surface area contributed by atoms with Gasteiger partial charge < -0.3 is 15.4 Å². The third-order valence-corrected chi connectivity index (χ3v) is 4.60. The van der Waals surface area contributed by atoms with E-state index in [1.165, 1.54) is 11.1 Å². The van der Waals surface area contributed by atoms with Crippen LogP contribution in [0.25, 0.3) is 10.9 Å². The average Bonchev–Trinajstić information content (AvgIpc) is 3.12. The molecule has 5 heteroatoms. The van der Waals surface area contributed by atoms with Gasteiger partial charge in [0.1, 0.15) is 5.82 Å². The molecule has 0 amide bonds. The van der Waals surface area contributed by atoms with E-state index in [2.05, 4.69) is 47.7 Å². The van der Waals surface area contributed by atoms with Crippen molar-refractivity contribution in [2.45, 2.75) is 32.8 Å². The zero-order valence-corrected chi connectivity index (χ0v) is 15.2. The lowest BCUT2D eigenvalue weighted by atomic mass is 10.1. The summed E-state index contributed by atoms with van der Waals surface area (Å²) in [5, 5.41) is 7.84. The van der Waals surface area contributed by atoms with Crippen molar-refractivity contribution in [1.82, 2.24) is 9.97 Å². The molecule has 0 bridgehead atoms. The number of benzene rings is 2. The molecule has 1 fully saturated rings. The van der Waals surface area contributed by atoms with E-state index in [4.69, 9.17) is 9.72 Å². The molecule has 1 aliphatic heterocycles. The molecule has 0 saturated carbocycles. The summed E-state index contributed by atoms with van der Waals surface area (Å²) in [7, 11) is 0. The molecule has 5 nitrogen and oxygen atoms in total. The monoisotopic (exact) mass is 348 g/mol. The number of fused-ring (bicyclic) bond motifs is 1. The van der Waals surface area contributed by atoms with Gasteiger partial charge >= 0.3 is 0 Å². The first-order valence-corrected chi connectivity index (χ1v) is 9.15. The quantitative estimate of drug-likeness (QED) is 0.707. The summed E-state index contributed by atoms with van der Waals surface area (Å²) in [6, 6.07) is 14.4. The Morgan fingerprint density at radius 1 is 1.08 bits per heavy atom. The molecular formula is C21H24N4O. The molecule has 0 aliphatic carbocycles. The number of aromatic nitrogens is 2. The van der Waals surface area contributed by atoms with Crippen molar-refractivity contribution in [2.75, 3.05) is 23.8 Å². The second-order valence-electron chi connectivity index (χ2n) is 6.93. The van der Waals surface area contributed by atoms with E-state index in [9.17, 15) is 0 Å². The highest BCUT2D eigenvalue weighted by Gasteiger charge is 2.16. The summed E-state index contributed by atoms with van der Waals surface area (Å²) in [5.74, 6) is 1.45. The standard InChI is InChI=1S/C21H24N4O/c1-14-10-15(2)12-16(11-14)23-21-24-19-8-4-3-7-18(19)20(25-21)22-13-17-6-5-9-26-17/h3-4,7-8,10-12,17H,5-6,9,13H2,1-2H3,(H2,22,23,24,25)/t17-/m0/s1. The van der Waals surface area contributed by atoms with Crippen LogP contribution in [-0.2, 0) is 4.74 Å². The van der Waals surface area contributed by atoms with Crippen molar-refractivity contribution in [3.63, 3.8) is 0 Å². The lowest BCUT2D eigenvalue weighted by Gasteiger charge is -2.15. The Morgan fingerprint density at radius 2 is 1.88 bits per heavy atom. The fraction of sp³-hybridized carbons (Fsp3) is 0.333. The van der Waals surface area contributed by atoms with Crippen LogP contribution in [0.5, 0.6) is 0 Å². The number of para-hydroxylation sites is 1. The zero-order chi connectivity index (χ0) is 17.9. The molecule has 1 aromatic heterocycles. The minimum atomic E-state index is 0.263. The predicted octanol–water partition coefficient (Wildman–Crippen LogP) is 4.58. The molecule has 1 atom stereocenters. The number of anilines is 3. The number of aryl methyl sites for hydroxylation is 2. The van der Waals surface area contributed by atoms with Gasteiger partial charge in [0.25, 0.3) is 0 Å². The first-order chi connectivity index (χ1) is 12.7. The van der Waals surface area contributed by atoms with Crippen LogP contribution in [0.2, 0.25) is 0 Å². The van der Waals surface area contributed by atoms with E-state index in [0.717, 1.165) is 48.4 Å². The molecule has 1 saturated heterocycles. The molecule has 2 heterocycles. The van der Waals surface area contributed by atoms with Crippen LogP contribution in [0.3, 0.4) is 0 Å². The van der Waals surface area contributed by atoms with Gasteiger partial charge in [-0.05, 0) is 62.1 Å². The average molecular weight is 348 g/mol. The Hall–Kier alpha value is -2.66. The highest BCUT2D eigenvalue weighted by molar-refractivity contribution is 5.90. The summed E-state index contributed by atoms with van der Waals surface area (Å²) < 4.78 is 5.72. The van der Waals surface area contributed by atoms with Crippen LogP contribution >= 0.6 is 0 Å². The van der Waals surface area contributed by atoms with E-state index < -0.39 is 0 Å². The van der Waals surface area contributed by atoms with Crippen molar-refractivity contribution < 1.29 is 4.74 Å². The van der Waals surface area contributed by atoms with Crippen LogP contribution in [0.15, 0.2) is 42.5 Å². The van der Waals surface area contributed by atoms with Crippen molar-refractivity contribution in [1.29, 1.82) is 0 Å². The lowest BCUT2D eigenvalue weighted by molar-refractivity contribution is 0.120. The molecule has 134 valence electrons. The molecule has 1 aliphatic rings. The minimum Gasteiger partial charge on any atom is -0.376 e. The van der Waals surface area contributed by atoms with E-state index in [1.807, 2.05) is 24.3 Å². The fourth-order valence-electron chi connectivity index (χ4n) is 3.46. The highest BCUT2D eigenvalue weighted by Crippen LogP contribution is 2.25. The fourth-order valence-corrected chi connectivity index (χ4v) is 3.46. The van der Waals surface area contributed by atoms with Gasteiger partial charge in [0, 0.05) is 24.2 Å². The van der Waals surface area contributed by atoms with Gasteiger partial charge in [0.05, 0.1) is 11.6 Å². The first-order valence-electron chi connectivity index (χ1n) is 9.15. The third-order valence-electron chi connectivity index (χ3n) is 4.60. The Labute approximate surface area is 153 Å². The Kier molecular flexibility index (Phi) is 4.71. The normalized spacial score (nSPS) is 16.8. The van der Waals surface area contributed by atoms with Crippen molar-refractivity contribution in [3.05, 3.63) is 53.6 Å². The maximum atomic E-state index is 5.72. The molecule has 0 spiro atoms. The number of hydrogen-bond donors (Lipinski definition) is 2. The topological polar surface area (TPSA) is 59.1 Å². The largest absolute Gasteiger partial charge is 0.376 e. The first kappa shape index (κ1) is 16.8. The van der Waals surface area contributed by atoms with Gasteiger partial charge in [-0.25, -0.2) is 4.98 Å². The van der Waals surface area contributed by atoms with E-state index in [1.54, 1.807) is 0 Å². The summed E-state index contributed by atoms with van der Waals surface area (Å²) in [6.45, 7) is 5.81. The number of ether oxygens (including phenoxy) is 1. The van der Waals surface area contributed by atoms with Gasteiger partial charge in [-0.15, -0.1) is 0 Å². The van der Waals surface area contributed by atoms with Gasteiger partial charge in [-0.1, -0.05) is 18.2 Å². The smallest absolute Gasteiger partial charge is 0.229 e. The Bertz CT molecular complexity index is 899. The second kappa shape index (κ2) is 7.30. The van der Waals surface area contributed by atoms with Crippen molar-refractivity contribution in [3.8, 4) is 0 Å². The number of hydrogen-bond acceptors (Lipinski definition) is 5. The van der Waals surface area contributed by atoms with Gasteiger partial charge in [0.2, 0.25) is 5.95 Å². The van der Waals surface area contributed by atoms with E-state index in [-0.39, 0.29) is 6.10 Å². The van der Waals surface area contributed by atoms with Gasteiger partial charge in [-0.3, -0.25) is 0 Å². The Balaban J connectivity index is 1.64. The maximum absolute atomic E-state index is 5.72. The highest BCUT2D eigenvalue weighted by atomic mass is 16.5. The molecule has 0 radical (unpaired) electrons. The van der Waals surface area contributed by atoms with E-state index in [0.29, 0.717) is 5.95 Å². The number of rotatable bonds is 5. The molecule has 4 rings (SSSR count). The SMILES string of the molecule is Cc1cc(C)cc(Nc2nc(NC[C@@H]3CCCO3)c3ccccc3n2)c1. The van der Waals surface area contributed by atoms with Crippen LogP contribution in [-0.4, -0.2) is 29.2 Å². The summed E-state index contributed by atoms with van der Waals surface area (Å²) in [5.41, 5.74) is 4.35. The number of nitrogens with zero attached hydrogens (tertiary/aromatic N) is 2. The Morgan fingerprint density at radius 3 is 2.65 bits per heavy atom. The number of nitrogens with one attached hydrogen (secondary N) is 2. The maximum Gasteiger partial charge on any atom is 0.229 e. The van der Waals surface area contributed by atoms with Crippen LogP contribution in [0.4, 0.5) is 17.5 Å². The summed E-state index contributed by atoms with van der Waals surface area (Å²) >= 11 is 0. The zero-order valence-electron chi connectivity index (χ0n) is 15.2. The van der Waals surface area contributed by atoms with Gasteiger partial charge in [-0.2, -0.15) is 4.98 Å². The van der Waals surface area contributed by atoms with Crippen molar-refractivity contribution in [2.24, 2.45) is 0 Å². The third kappa shape index (κ3) is 3.78. The summed E-state index contributed by atoms with van der Waals surface area (Å²) in [4.78, 5) is 9.40.